The molecule has 12 heteroatoms. The molecule has 51 heavy (non-hydrogen) atoms. The van der Waals surface area contributed by atoms with Crippen molar-refractivity contribution in [1.29, 1.82) is 0 Å². The van der Waals surface area contributed by atoms with E-state index in [1.807, 2.05) is 97.1 Å². The first-order chi connectivity index (χ1) is 25.2. The maximum Gasteiger partial charge on any atom is 0.298 e. The normalized spacial score (nSPS) is 16.0. The molecule has 8 aromatic rings. The number of rotatable bonds is 4. The van der Waals surface area contributed by atoms with Crippen LogP contribution < -0.4 is 19.6 Å². The molecule has 0 saturated carbocycles. The van der Waals surface area contributed by atoms with Gasteiger partial charge in [0.05, 0.1) is 0 Å². The topological polar surface area (TPSA) is 117 Å². The SMILES string of the molecule is c1ccc2oc(N3CCCN(c4nc5ccccc5o4)CCCN(c4nc5ccccc5o4)CCN(c4nc5ccccc5o4)CCC3)nc2c1. The van der Waals surface area contributed by atoms with E-state index in [-0.39, 0.29) is 0 Å². The molecule has 1 saturated heterocycles. The minimum Gasteiger partial charge on any atom is -0.423 e. The smallest absolute Gasteiger partial charge is 0.298 e. The molecule has 1 aliphatic rings. The monoisotopic (exact) mass is 682 g/mol. The molecule has 0 atom stereocenters. The van der Waals surface area contributed by atoms with Gasteiger partial charge in [-0.1, -0.05) is 48.5 Å². The zero-order valence-corrected chi connectivity index (χ0v) is 28.2. The van der Waals surface area contributed by atoms with Crippen LogP contribution in [0, 0.1) is 0 Å². The summed E-state index contributed by atoms with van der Waals surface area (Å²) in [5, 5.41) is 0. The van der Waals surface area contributed by atoms with Gasteiger partial charge in [-0.2, -0.15) is 19.9 Å². The Morgan fingerprint density at radius 3 is 0.804 bits per heavy atom. The van der Waals surface area contributed by atoms with E-state index in [2.05, 4.69) is 19.6 Å². The number of hydrogen-bond acceptors (Lipinski definition) is 12. The van der Waals surface area contributed by atoms with Crippen LogP contribution in [0.15, 0.2) is 115 Å². The number of fused-ring (bicyclic) bond motifs is 4. The quantitative estimate of drug-likeness (QED) is 0.181. The number of nitrogens with zero attached hydrogens (tertiary/aromatic N) is 8. The zero-order valence-electron chi connectivity index (χ0n) is 28.2. The van der Waals surface area contributed by atoms with E-state index in [0.717, 1.165) is 103 Å². The van der Waals surface area contributed by atoms with Crippen molar-refractivity contribution in [2.45, 2.75) is 19.3 Å². The molecule has 12 nitrogen and oxygen atoms in total. The van der Waals surface area contributed by atoms with E-state index < -0.39 is 0 Å². The zero-order chi connectivity index (χ0) is 34.0. The molecule has 0 radical (unpaired) electrons. The molecule has 4 aromatic heterocycles. The maximum atomic E-state index is 6.31. The Balaban J connectivity index is 1.04. The second-order valence-corrected chi connectivity index (χ2v) is 12.9. The fraction of sp³-hybridized carbons (Fsp3) is 0.282. The summed E-state index contributed by atoms with van der Waals surface area (Å²) in [6, 6.07) is 34.1. The molecule has 0 N–H and O–H groups in total. The molecule has 1 fully saturated rings. The number of anilines is 4. The van der Waals surface area contributed by atoms with Crippen molar-refractivity contribution in [3.05, 3.63) is 97.1 Å². The highest BCUT2D eigenvalue weighted by molar-refractivity contribution is 5.76. The number of benzene rings is 4. The number of aromatic nitrogens is 4. The molecule has 0 unspecified atom stereocenters. The van der Waals surface area contributed by atoms with Crippen LogP contribution in [-0.2, 0) is 0 Å². The lowest BCUT2D eigenvalue weighted by Gasteiger charge is -2.27. The van der Waals surface area contributed by atoms with Crippen LogP contribution in [-0.4, -0.2) is 72.3 Å². The first kappa shape index (κ1) is 31.0. The van der Waals surface area contributed by atoms with Crippen LogP contribution in [0.25, 0.3) is 44.4 Å². The summed E-state index contributed by atoms with van der Waals surface area (Å²) in [7, 11) is 0. The van der Waals surface area contributed by atoms with Crippen molar-refractivity contribution in [3.63, 3.8) is 0 Å². The predicted octanol–water partition coefficient (Wildman–Crippen LogP) is 7.76. The van der Waals surface area contributed by atoms with Gasteiger partial charge < -0.3 is 37.3 Å². The van der Waals surface area contributed by atoms with Crippen LogP contribution in [0.3, 0.4) is 0 Å². The van der Waals surface area contributed by atoms with Crippen LogP contribution in [0.5, 0.6) is 0 Å². The fourth-order valence-electron chi connectivity index (χ4n) is 6.79. The molecule has 258 valence electrons. The summed E-state index contributed by atoms with van der Waals surface area (Å²) in [4.78, 5) is 28.5. The third kappa shape index (κ3) is 6.52. The van der Waals surface area contributed by atoms with E-state index in [1.54, 1.807) is 0 Å². The van der Waals surface area contributed by atoms with E-state index in [9.17, 15) is 0 Å². The lowest BCUT2D eigenvalue weighted by molar-refractivity contribution is 0.528. The van der Waals surface area contributed by atoms with Gasteiger partial charge in [0.15, 0.2) is 22.3 Å². The second-order valence-electron chi connectivity index (χ2n) is 12.9. The van der Waals surface area contributed by atoms with Gasteiger partial charge in [0.1, 0.15) is 22.1 Å². The Labute approximate surface area is 293 Å². The van der Waals surface area contributed by atoms with Crippen molar-refractivity contribution in [1.82, 2.24) is 19.9 Å². The summed E-state index contributed by atoms with van der Waals surface area (Å²) in [5.41, 5.74) is 6.48. The van der Waals surface area contributed by atoms with Gasteiger partial charge in [-0.25, -0.2) is 0 Å². The van der Waals surface area contributed by atoms with Gasteiger partial charge in [-0.05, 0) is 67.8 Å². The number of hydrogen-bond donors (Lipinski definition) is 0. The molecule has 0 spiro atoms. The highest BCUT2D eigenvalue weighted by Crippen LogP contribution is 2.27. The van der Waals surface area contributed by atoms with E-state index in [4.69, 9.17) is 37.6 Å². The van der Waals surface area contributed by atoms with Gasteiger partial charge in [0.25, 0.3) is 24.1 Å². The summed E-state index contributed by atoms with van der Waals surface area (Å²) in [6.07, 6.45) is 2.51. The van der Waals surface area contributed by atoms with Crippen molar-refractivity contribution in [2.75, 3.05) is 72.0 Å². The Kier molecular flexibility index (Phi) is 8.32. The molecular weight excluding hydrogens is 644 g/mol. The Hall–Kier alpha value is -6.04. The third-order valence-electron chi connectivity index (χ3n) is 9.42. The lowest BCUT2D eigenvalue weighted by Crippen LogP contribution is -2.38. The Morgan fingerprint density at radius 1 is 0.314 bits per heavy atom. The largest absolute Gasteiger partial charge is 0.423 e. The van der Waals surface area contributed by atoms with Crippen LogP contribution in [0.2, 0.25) is 0 Å². The maximum absolute atomic E-state index is 6.31. The number of oxazole rings is 4. The van der Waals surface area contributed by atoms with Crippen LogP contribution in [0.4, 0.5) is 24.1 Å². The average Bonchev–Trinajstić information content (AvgIpc) is 3.97. The molecule has 5 heterocycles. The molecule has 0 bridgehead atoms. The highest BCUT2D eigenvalue weighted by Gasteiger charge is 2.23. The summed E-state index contributed by atoms with van der Waals surface area (Å²) in [6.45, 7) is 5.73. The minimum atomic E-state index is 0.605. The Morgan fingerprint density at radius 2 is 0.549 bits per heavy atom. The molecule has 4 aromatic carbocycles. The van der Waals surface area contributed by atoms with Crippen LogP contribution >= 0.6 is 0 Å². The standard InChI is InChI=1S/C39H38N8O4/c1-5-16-32-28(12-1)40-36(48-32)44-20-9-21-45(37-41-29-13-2-6-17-33(29)49-37)23-11-25-47(39-43-31-15-4-8-19-35(31)51-39)27-26-46(24-10-22-44)38-42-30-14-3-7-18-34(30)50-38/h1-8,12-19H,9-11,20-27H2. The van der Waals surface area contributed by atoms with Gasteiger partial charge in [0.2, 0.25) is 0 Å². The van der Waals surface area contributed by atoms with Gasteiger partial charge in [-0.3, -0.25) is 0 Å². The van der Waals surface area contributed by atoms with E-state index in [0.29, 0.717) is 37.1 Å². The lowest BCUT2D eigenvalue weighted by atomic mass is 10.3. The first-order valence-electron chi connectivity index (χ1n) is 17.7. The van der Waals surface area contributed by atoms with Crippen LogP contribution in [0.1, 0.15) is 19.3 Å². The molecule has 0 amide bonds. The first-order valence-corrected chi connectivity index (χ1v) is 17.7. The molecule has 9 rings (SSSR count). The van der Waals surface area contributed by atoms with Gasteiger partial charge >= 0.3 is 0 Å². The van der Waals surface area contributed by atoms with Crippen molar-refractivity contribution < 1.29 is 17.7 Å². The van der Waals surface area contributed by atoms with E-state index in [1.165, 1.54) is 0 Å². The third-order valence-corrected chi connectivity index (χ3v) is 9.42. The Bertz CT molecular complexity index is 2100. The molecule has 1 aliphatic heterocycles. The predicted molar refractivity (Wildman–Crippen MR) is 199 cm³/mol. The minimum absolute atomic E-state index is 0.605. The van der Waals surface area contributed by atoms with Gasteiger partial charge in [0, 0.05) is 52.4 Å². The molecular formula is C39H38N8O4. The number of para-hydroxylation sites is 8. The summed E-state index contributed by atoms with van der Waals surface area (Å²) >= 11 is 0. The van der Waals surface area contributed by atoms with Crippen molar-refractivity contribution in [3.8, 4) is 0 Å². The second kappa shape index (κ2) is 13.7. The summed E-state index contributed by atoms with van der Waals surface area (Å²) < 4.78 is 25.2. The van der Waals surface area contributed by atoms with Crippen molar-refractivity contribution >= 4 is 68.5 Å². The fourth-order valence-corrected chi connectivity index (χ4v) is 6.79. The van der Waals surface area contributed by atoms with E-state index >= 15 is 0 Å². The average molecular weight is 683 g/mol. The highest BCUT2D eigenvalue weighted by atomic mass is 16.4. The van der Waals surface area contributed by atoms with Gasteiger partial charge in [-0.15, -0.1) is 0 Å². The molecule has 0 aliphatic carbocycles. The summed E-state index contributed by atoms with van der Waals surface area (Å²) in [5.74, 6) is 0. The van der Waals surface area contributed by atoms with Crippen molar-refractivity contribution in [2.24, 2.45) is 0 Å².